The number of furan rings is 1. The van der Waals surface area contributed by atoms with Crippen molar-refractivity contribution in [2.24, 2.45) is 5.92 Å². The standard InChI is InChI=1S/C31H34BrNO8/c1-21(35)40-29(28-19-26(32)27(41-28)13-8-15-38-16-14-34)25(18-23-11-6-3-7-12-23)30(36)33-24(20-39-31(33)37)17-22-9-4-2-5-10-22/h2-7,9-12,19,24-25,29,34H,8,13-18,20H2,1H3/t24-,25-,29-/m1/s1. The largest absolute Gasteiger partial charge is 0.461 e. The lowest BCUT2D eigenvalue weighted by Gasteiger charge is -2.29. The van der Waals surface area contributed by atoms with Gasteiger partial charge in [0.15, 0.2) is 6.10 Å². The van der Waals surface area contributed by atoms with Gasteiger partial charge in [0.1, 0.15) is 18.1 Å². The van der Waals surface area contributed by atoms with Crippen LogP contribution in [0.3, 0.4) is 0 Å². The maximum Gasteiger partial charge on any atom is 0.416 e. The van der Waals surface area contributed by atoms with Crippen LogP contribution in [0.1, 0.15) is 42.1 Å². The molecule has 1 aromatic heterocycles. The highest BCUT2D eigenvalue weighted by atomic mass is 79.9. The number of hydrogen-bond acceptors (Lipinski definition) is 8. The number of cyclic esters (lactones) is 1. The highest BCUT2D eigenvalue weighted by molar-refractivity contribution is 9.10. The van der Waals surface area contributed by atoms with E-state index in [1.165, 1.54) is 6.92 Å². The number of amides is 2. The van der Waals surface area contributed by atoms with Crippen molar-refractivity contribution in [2.45, 2.75) is 44.8 Å². The molecule has 4 rings (SSSR count). The topological polar surface area (TPSA) is 116 Å². The van der Waals surface area contributed by atoms with Gasteiger partial charge in [-0.15, -0.1) is 0 Å². The zero-order chi connectivity index (χ0) is 29.2. The Morgan fingerprint density at radius 1 is 1.07 bits per heavy atom. The van der Waals surface area contributed by atoms with Crippen molar-refractivity contribution in [1.29, 1.82) is 0 Å². The summed E-state index contributed by atoms with van der Waals surface area (Å²) in [5.41, 5.74) is 1.80. The molecule has 1 fully saturated rings. The third-order valence-corrected chi connectivity index (χ3v) is 7.44. The molecule has 2 amide bonds. The molecule has 0 saturated carbocycles. The lowest BCUT2D eigenvalue weighted by molar-refractivity contribution is -0.155. The molecule has 1 aliphatic heterocycles. The minimum Gasteiger partial charge on any atom is -0.461 e. The van der Waals surface area contributed by atoms with Crippen LogP contribution in [-0.2, 0) is 43.1 Å². The molecule has 0 bridgehead atoms. The number of imide groups is 1. The molecule has 1 aliphatic rings. The van der Waals surface area contributed by atoms with E-state index < -0.39 is 36.0 Å². The van der Waals surface area contributed by atoms with E-state index in [1.807, 2.05) is 60.7 Å². The van der Waals surface area contributed by atoms with Crippen LogP contribution in [0.4, 0.5) is 4.79 Å². The van der Waals surface area contributed by atoms with Gasteiger partial charge in [-0.25, -0.2) is 9.69 Å². The van der Waals surface area contributed by atoms with Gasteiger partial charge in [-0.2, -0.15) is 0 Å². The number of hydrogen-bond donors (Lipinski definition) is 1. The van der Waals surface area contributed by atoms with Crippen LogP contribution in [0, 0.1) is 5.92 Å². The Hall–Kier alpha value is -3.47. The molecule has 1 N–H and O–H groups in total. The van der Waals surface area contributed by atoms with Crippen LogP contribution in [0.15, 0.2) is 75.6 Å². The number of carbonyl (C=O) groups is 3. The molecule has 9 nitrogen and oxygen atoms in total. The van der Waals surface area contributed by atoms with E-state index in [0.717, 1.165) is 16.0 Å². The van der Waals surface area contributed by atoms with Gasteiger partial charge >= 0.3 is 12.1 Å². The highest BCUT2D eigenvalue weighted by Crippen LogP contribution is 2.37. The predicted octanol–water partition coefficient (Wildman–Crippen LogP) is 5.04. The summed E-state index contributed by atoms with van der Waals surface area (Å²) in [4.78, 5) is 40.7. The minimum absolute atomic E-state index is 0.0493. The average Bonchev–Trinajstić information content (AvgIpc) is 3.52. The third kappa shape index (κ3) is 8.28. The van der Waals surface area contributed by atoms with Crippen LogP contribution in [0.2, 0.25) is 0 Å². The molecule has 0 radical (unpaired) electrons. The molecule has 1 saturated heterocycles. The van der Waals surface area contributed by atoms with Gasteiger partial charge < -0.3 is 23.7 Å². The number of carbonyl (C=O) groups excluding carboxylic acids is 3. The second-order valence-electron chi connectivity index (χ2n) is 9.81. The van der Waals surface area contributed by atoms with Crippen molar-refractivity contribution >= 4 is 33.9 Å². The van der Waals surface area contributed by atoms with E-state index >= 15 is 0 Å². The van der Waals surface area contributed by atoms with Gasteiger partial charge in [0, 0.05) is 20.0 Å². The summed E-state index contributed by atoms with van der Waals surface area (Å²) in [5.74, 6) is -1.16. The first-order chi connectivity index (χ1) is 19.9. The highest BCUT2D eigenvalue weighted by Gasteiger charge is 2.45. The number of esters is 1. The second kappa shape index (κ2) is 15.0. The zero-order valence-corrected chi connectivity index (χ0v) is 24.5. The van der Waals surface area contributed by atoms with Gasteiger partial charge in [-0.1, -0.05) is 60.7 Å². The predicted molar refractivity (Wildman–Crippen MR) is 153 cm³/mol. The van der Waals surface area contributed by atoms with E-state index in [4.69, 9.17) is 23.7 Å². The number of rotatable bonds is 14. The molecule has 218 valence electrons. The van der Waals surface area contributed by atoms with Gasteiger partial charge in [0.2, 0.25) is 5.91 Å². The summed E-state index contributed by atoms with van der Waals surface area (Å²) < 4.78 is 23.2. The summed E-state index contributed by atoms with van der Waals surface area (Å²) in [5, 5.41) is 8.90. The molecule has 0 spiro atoms. The van der Waals surface area contributed by atoms with E-state index in [0.29, 0.717) is 41.9 Å². The minimum atomic E-state index is -1.10. The first kappa shape index (κ1) is 30.5. The summed E-state index contributed by atoms with van der Waals surface area (Å²) >= 11 is 3.53. The van der Waals surface area contributed by atoms with E-state index in [9.17, 15) is 14.4 Å². The quantitative estimate of drug-likeness (QED) is 0.195. The van der Waals surface area contributed by atoms with Crippen LogP contribution < -0.4 is 0 Å². The summed E-state index contributed by atoms with van der Waals surface area (Å²) in [6, 6.07) is 20.1. The van der Waals surface area contributed by atoms with Crippen molar-refractivity contribution in [1.82, 2.24) is 4.90 Å². The molecule has 0 aliphatic carbocycles. The fourth-order valence-corrected chi connectivity index (χ4v) is 5.40. The maximum atomic E-state index is 14.3. The monoisotopic (exact) mass is 627 g/mol. The Labute approximate surface area is 247 Å². The smallest absolute Gasteiger partial charge is 0.416 e. The molecule has 2 aromatic carbocycles. The summed E-state index contributed by atoms with van der Waals surface area (Å²) in [7, 11) is 0. The van der Waals surface area contributed by atoms with Crippen molar-refractivity contribution in [3.63, 3.8) is 0 Å². The normalized spacial score (nSPS) is 16.3. The lowest BCUT2D eigenvalue weighted by Crippen LogP contribution is -2.46. The van der Waals surface area contributed by atoms with E-state index in [1.54, 1.807) is 6.07 Å². The number of halogens is 1. The number of aliphatic hydroxyl groups is 1. The molecule has 0 unspecified atom stereocenters. The Morgan fingerprint density at radius 2 is 1.76 bits per heavy atom. The summed E-state index contributed by atoms with van der Waals surface area (Å²) in [6.45, 7) is 1.99. The van der Waals surface area contributed by atoms with Gasteiger partial charge in [-0.3, -0.25) is 9.59 Å². The molecular formula is C31H34BrNO8. The molecule has 3 aromatic rings. The number of benzene rings is 2. The Bertz CT molecular complexity index is 1300. The van der Waals surface area contributed by atoms with E-state index in [-0.39, 0.29) is 26.2 Å². The van der Waals surface area contributed by atoms with Crippen LogP contribution in [-0.4, -0.2) is 60.4 Å². The Kier molecular flexibility index (Phi) is 11.1. The Morgan fingerprint density at radius 3 is 2.41 bits per heavy atom. The van der Waals surface area contributed by atoms with Gasteiger partial charge in [0.25, 0.3) is 0 Å². The zero-order valence-electron chi connectivity index (χ0n) is 22.9. The van der Waals surface area contributed by atoms with Crippen molar-refractivity contribution < 1.29 is 38.1 Å². The number of aryl methyl sites for hydroxylation is 1. The number of ether oxygens (including phenoxy) is 3. The molecule has 2 heterocycles. The first-order valence-electron chi connectivity index (χ1n) is 13.6. The van der Waals surface area contributed by atoms with Crippen LogP contribution >= 0.6 is 15.9 Å². The number of aliphatic hydroxyl groups excluding tert-OH is 1. The molecular weight excluding hydrogens is 594 g/mol. The van der Waals surface area contributed by atoms with Gasteiger partial charge in [0.05, 0.1) is 29.6 Å². The number of nitrogens with zero attached hydrogens (tertiary/aromatic N) is 1. The SMILES string of the molecule is CC(=O)O[C@@H](c1cc(Br)c(CCCOCCO)o1)[C@@H](Cc1ccccc1)C(=O)N1C(=O)OC[C@H]1Cc1ccccc1. The first-order valence-corrected chi connectivity index (χ1v) is 14.4. The molecule has 3 atom stereocenters. The Balaban J connectivity index is 1.65. The summed E-state index contributed by atoms with van der Waals surface area (Å²) in [6.07, 6.45) is -0.0303. The van der Waals surface area contributed by atoms with Crippen LogP contribution in [0.5, 0.6) is 0 Å². The van der Waals surface area contributed by atoms with Crippen molar-refractivity contribution in [3.05, 3.63) is 93.9 Å². The lowest BCUT2D eigenvalue weighted by atomic mass is 9.90. The van der Waals surface area contributed by atoms with Crippen molar-refractivity contribution in [2.75, 3.05) is 26.4 Å². The molecule has 41 heavy (non-hydrogen) atoms. The van der Waals surface area contributed by atoms with Crippen molar-refractivity contribution in [3.8, 4) is 0 Å². The second-order valence-corrected chi connectivity index (χ2v) is 10.7. The molecule has 10 heteroatoms. The fraction of sp³-hybridized carbons (Fsp3) is 0.387. The maximum absolute atomic E-state index is 14.3. The van der Waals surface area contributed by atoms with Gasteiger partial charge in [-0.05, 0) is 52.4 Å². The van der Waals surface area contributed by atoms with E-state index in [2.05, 4.69) is 15.9 Å². The average molecular weight is 629 g/mol. The fourth-order valence-electron chi connectivity index (χ4n) is 4.89. The third-order valence-electron chi connectivity index (χ3n) is 6.77. The van der Waals surface area contributed by atoms with Crippen LogP contribution in [0.25, 0.3) is 0 Å².